The molecule has 0 spiro atoms. The number of aliphatic hydroxyl groups is 1. The van der Waals surface area contributed by atoms with Crippen molar-refractivity contribution in [3.05, 3.63) is 30.5 Å². The number of likely N-dealkylation sites (tertiary alicyclic amines) is 1. The number of hydrogen-bond donors (Lipinski definition) is 2. The molecule has 3 atom stereocenters. The van der Waals surface area contributed by atoms with E-state index < -0.39 is 23.6 Å². The summed E-state index contributed by atoms with van der Waals surface area (Å²) >= 11 is 0. The fourth-order valence-electron chi connectivity index (χ4n) is 4.00. The van der Waals surface area contributed by atoms with Gasteiger partial charge in [-0.05, 0) is 24.5 Å². The number of nitrogens with zero attached hydrogens (tertiary/aromatic N) is 4. The van der Waals surface area contributed by atoms with Gasteiger partial charge in [-0.15, -0.1) is 5.10 Å². The van der Waals surface area contributed by atoms with E-state index in [4.69, 9.17) is 4.74 Å². The van der Waals surface area contributed by atoms with Crippen LogP contribution >= 0.6 is 0 Å². The molecule has 1 fully saturated rings. The molecule has 9 heteroatoms. The fourth-order valence-corrected chi connectivity index (χ4v) is 4.00. The molecule has 1 aliphatic heterocycles. The number of carbonyl (C=O) groups excluding carboxylic acids is 2. The van der Waals surface area contributed by atoms with Crippen molar-refractivity contribution in [3.8, 4) is 17.0 Å². The van der Waals surface area contributed by atoms with Crippen LogP contribution in [0.1, 0.15) is 40.2 Å². The maximum Gasteiger partial charge on any atom is 0.248 e. The van der Waals surface area contributed by atoms with Crippen LogP contribution in [-0.2, 0) is 9.59 Å². The summed E-state index contributed by atoms with van der Waals surface area (Å²) in [6.45, 7) is 8.35. The Bertz CT molecular complexity index is 936. The van der Waals surface area contributed by atoms with Crippen molar-refractivity contribution in [3.63, 3.8) is 0 Å². The summed E-state index contributed by atoms with van der Waals surface area (Å²) in [5.74, 6) is 0.132. The lowest BCUT2D eigenvalue weighted by Crippen LogP contribution is -2.49. The van der Waals surface area contributed by atoms with Crippen LogP contribution in [0.3, 0.4) is 0 Å². The topological polar surface area (TPSA) is 110 Å². The second-order valence-corrected chi connectivity index (χ2v) is 8.79. The lowest BCUT2D eigenvalue weighted by Gasteiger charge is -2.34. The van der Waals surface area contributed by atoms with Crippen molar-refractivity contribution in [1.29, 1.82) is 0 Å². The Morgan fingerprint density at radius 2 is 2.03 bits per heavy atom. The Balaban J connectivity index is 1.96. The van der Waals surface area contributed by atoms with Crippen molar-refractivity contribution in [2.45, 2.75) is 52.3 Å². The van der Waals surface area contributed by atoms with E-state index >= 15 is 0 Å². The molecule has 2 amide bonds. The number of carbonyl (C=O) groups is 2. The van der Waals surface area contributed by atoms with Crippen LogP contribution < -0.4 is 10.1 Å². The van der Waals surface area contributed by atoms with Crippen molar-refractivity contribution < 1.29 is 19.4 Å². The number of nitrogens with one attached hydrogen (secondary N) is 1. The van der Waals surface area contributed by atoms with Crippen LogP contribution in [0, 0.1) is 5.41 Å². The number of likely N-dealkylation sites (N-methyl/N-ethyl adjacent to an activating group) is 1. The molecule has 0 saturated carbocycles. The first-order valence-electron chi connectivity index (χ1n) is 10.5. The second kappa shape index (κ2) is 9.05. The number of para-hydroxylation sites is 1. The number of ether oxygens (including phenoxy) is 1. The van der Waals surface area contributed by atoms with E-state index in [2.05, 4.69) is 15.6 Å². The van der Waals surface area contributed by atoms with Crippen molar-refractivity contribution in [2.75, 3.05) is 20.2 Å². The van der Waals surface area contributed by atoms with Gasteiger partial charge in [-0.25, -0.2) is 4.68 Å². The summed E-state index contributed by atoms with van der Waals surface area (Å²) in [6, 6.07) is 6.13. The lowest BCUT2D eigenvalue weighted by atomic mass is 9.85. The molecule has 9 nitrogen and oxygen atoms in total. The van der Waals surface area contributed by atoms with Gasteiger partial charge in [-0.1, -0.05) is 38.1 Å². The molecule has 2 unspecified atom stereocenters. The predicted octanol–water partition coefficient (Wildman–Crippen LogP) is 1.64. The normalized spacial score (nSPS) is 19.9. The molecule has 1 saturated heterocycles. The van der Waals surface area contributed by atoms with E-state index in [1.165, 1.54) is 11.9 Å². The first-order valence-corrected chi connectivity index (χ1v) is 10.5. The van der Waals surface area contributed by atoms with Gasteiger partial charge in [0.25, 0.3) is 0 Å². The molecular weight excluding hydrogens is 398 g/mol. The van der Waals surface area contributed by atoms with Crippen LogP contribution in [0.15, 0.2) is 30.5 Å². The average Bonchev–Trinajstić information content (AvgIpc) is 3.34. The highest BCUT2D eigenvalue weighted by Gasteiger charge is 2.45. The molecule has 2 heterocycles. The minimum atomic E-state index is -0.740. The monoisotopic (exact) mass is 429 g/mol. The van der Waals surface area contributed by atoms with Gasteiger partial charge >= 0.3 is 0 Å². The molecule has 1 aromatic heterocycles. The van der Waals surface area contributed by atoms with Crippen molar-refractivity contribution >= 4 is 11.8 Å². The molecular formula is C22H31N5O4. The Morgan fingerprint density at radius 1 is 1.32 bits per heavy atom. The Labute approximate surface area is 182 Å². The molecule has 0 bridgehead atoms. The smallest absolute Gasteiger partial charge is 0.248 e. The zero-order chi connectivity index (χ0) is 22.8. The van der Waals surface area contributed by atoms with E-state index in [-0.39, 0.29) is 24.8 Å². The minimum absolute atomic E-state index is 0.109. The minimum Gasteiger partial charge on any atom is -0.493 e. The number of aromatic nitrogens is 3. The third kappa shape index (κ3) is 4.71. The van der Waals surface area contributed by atoms with Crippen LogP contribution in [0.4, 0.5) is 0 Å². The quantitative estimate of drug-likeness (QED) is 0.722. The molecule has 1 aliphatic rings. The lowest BCUT2D eigenvalue weighted by molar-refractivity contribution is -0.144. The highest BCUT2D eigenvalue weighted by Crippen LogP contribution is 2.36. The van der Waals surface area contributed by atoms with Crippen molar-refractivity contribution in [1.82, 2.24) is 25.2 Å². The van der Waals surface area contributed by atoms with E-state index in [1.54, 1.807) is 10.9 Å². The number of rotatable bonds is 6. The second-order valence-electron chi connectivity index (χ2n) is 8.79. The summed E-state index contributed by atoms with van der Waals surface area (Å²) in [7, 11) is 1.52. The average molecular weight is 430 g/mol. The van der Waals surface area contributed by atoms with Crippen LogP contribution in [0.5, 0.6) is 5.75 Å². The number of aliphatic hydroxyl groups excluding tert-OH is 1. The maximum atomic E-state index is 13.6. The summed E-state index contributed by atoms with van der Waals surface area (Å²) in [5, 5.41) is 21.3. The van der Waals surface area contributed by atoms with Gasteiger partial charge in [0.15, 0.2) is 0 Å². The zero-order valence-corrected chi connectivity index (χ0v) is 18.7. The molecule has 2 aromatic rings. The third-order valence-electron chi connectivity index (χ3n) is 5.40. The van der Waals surface area contributed by atoms with Gasteiger partial charge < -0.3 is 20.1 Å². The molecule has 3 rings (SSSR count). The Morgan fingerprint density at radius 3 is 2.68 bits per heavy atom. The van der Waals surface area contributed by atoms with Gasteiger partial charge in [-0.3, -0.25) is 9.59 Å². The SMILES string of the molecule is CCOc1ccccc1-c1cn(C(C(=O)N2CC(O)C[C@@H]2C(=O)NC)C(C)(C)C)nn1. The number of benzene rings is 1. The molecule has 1 aromatic carbocycles. The van der Waals surface area contributed by atoms with Gasteiger partial charge in [0.2, 0.25) is 11.8 Å². The largest absolute Gasteiger partial charge is 0.493 e. The molecule has 0 aliphatic carbocycles. The van der Waals surface area contributed by atoms with E-state index in [0.29, 0.717) is 18.1 Å². The van der Waals surface area contributed by atoms with Gasteiger partial charge in [0.05, 0.1) is 18.9 Å². The molecule has 168 valence electrons. The van der Waals surface area contributed by atoms with Crippen LogP contribution in [-0.4, -0.2) is 69.2 Å². The predicted molar refractivity (Wildman–Crippen MR) is 115 cm³/mol. The summed E-state index contributed by atoms with van der Waals surface area (Å²) in [5.41, 5.74) is 0.869. The molecule has 31 heavy (non-hydrogen) atoms. The highest BCUT2D eigenvalue weighted by molar-refractivity contribution is 5.90. The van der Waals surface area contributed by atoms with E-state index in [0.717, 1.165) is 5.56 Å². The van der Waals surface area contributed by atoms with Gasteiger partial charge in [0, 0.05) is 25.6 Å². The highest BCUT2D eigenvalue weighted by atomic mass is 16.5. The zero-order valence-electron chi connectivity index (χ0n) is 18.7. The fraction of sp³-hybridized carbons (Fsp3) is 0.545. The standard InChI is InChI=1S/C22H31N5O4/c1-6-31-18-10-8-7-9-15(18)16-13-27(25-24-16)19(22(2,3)4)21(30)26-12-14(28)11-17(26)20(29)23-5/h7-10,13-14,17,19,28H,6,11-12H2,1-5H3,(H,23,29)/t14?,17-,19?/m1/s1. The first-order chi connectivity index (χ1) is 14.7. The Hall–Kier alpha value is -2.94. The third-order valence-corrected chi connectivity index (χ3v) is 5.40. The molecule has 0 radical (unpaired) electrons. The molecule has 2 N–H and O–H groups in total. The number of amides is 2. The van der Waals surface area contributed by atoms with Gasteiger partial charge in [-0.2, -0.15) is 0 Å². The van der Waals surface area contributed by atoms with Gasteiger partial charge in [0.1, 0.15) is 23.5 Å². The van der Waals surface area contributed by atoms with E-state index in [9.17, 15) is 14.7 Å². The first kappa shape index (κ1) is 22.7. The summed E-state index contributed by atoms with van der Waals surface area (Å²) in [6.07, 6.45) is 1.20. The maximum absolute atomic E-state index is 13.6. The number of β-amino-alcohol motifs (C(OH)–C–C–N with tert-alkyl or cyclic N) is 1. The van der Waals surface area contributed by atoms with Crippen molar-refractivity contribution in [2.24, 2.45) is 5.41 Å². The number of hydrogen-bond acceptors (Lipinski definition) is 6. The summed E-state index contributed by atoms with van der Waals surface area (Å²) in [4.78, 5) is 27.4. The van der Waals surface area contributed by atoms with Crippen LogP contribution in [0.25, 0.3) is 11.3 Å². The van der Waals surface area contributed by atoms with E-state index in [1.807, 2.05) is 52.0 Å². The van der Waals surface area contributed by atoms with Crippen LogP contribution in [0.2, 0.25) is 0 Å². The Kier molecular flexibility index (Phi) is 6.64. The summed E-state index contributed by atoms with van der Waals surface area (Å²) < 4.78 is 7.24.